The first-order valence-corrected chi connectivity index (χ1v) is 7.54. The summed E-state index contributed by atoms with van der Waals surface area (Å²) in [5.74, 6) is 0.937. The van der Waals surface area contributed by atoms with Crippen LogP contribution >= 0.6 is 0 Å². The molecule has 0 atom stereocenters. The van der Waals surface area contributed by atoms with Crippen molar-refractivity contribution in [3.05, 3.63) is 54.3 Å². The third-order valence-corrected chi connectivity index (χ3v) is 3.64. The van der Waals surface area contributed by atoms with Crippen molar-refractivity contribution in [3.8, 4) is 16.9 Å². The second-order valence-corrected chi connectivity index (χ2v) is 5.09. The average molecular weight is 310 g/mol. The molecule has 0 N–H and O–H groups in total. The lowest BCUT2D eigenvalue weighted by molar-refractivity contribution is -0.142. The smallest absolute Gasteiger partial charge is 0.313 e. The number of furan rings is 1. The standard InChI is InChI=1S/C19H18O4/c1-3-22-17(20)12-16-18(13-8-5-4-6-9-13)14-10-7-11-15(21-2)19(14)23-16/h4-11H,3,12H2,1-2H3. The molecule has 4 heteroatoms. The van der Waals surface area contributed by atoms with Gasteiger partial charge in [-0.1, -0.05) is 42.5 Å². The number of benzene rings is 2. The molecule has 4 nitrogen and oxygen atoms in total. The highest BCUT2D eigenvalue weighted by molar-refractivity contribution is 5.99. The summed E-state index contributed by atoms with van der Waals surface area (Å²) in [4.78, 5) is 11.9. The van der Waals surface area contributed by atoms with E-state index in [1.165, 1.54) is 0 Å². The molecular weight excluding hydrogens is 292 g/mol. The van der Waals surface area contributed by atoms with Gasteiger partial charge in [-0.2, -0.15) is 0 Å². The van der Waals surface area contributed by atoms with Crippen molar-refractivity contribution in [1.29, 1.82) is 0 Å². The third-order valence-electron chi connectivity index (χ3n) is 3.64. The summed E-state index contributed by atoms with van der Waals surface area (Å²) in [6.45, 7) is 2.14. The van der Waals surface area contributed by atoms with Crippen LogP contribution in [0.5, 0.6) is 5.75 Å². The molecule has 1 aromatic heterocycles. The zero-order chi connectivity index (χ0) is 16.2. The van der Waals surface area contributed by atoms with E-state index in [-0.39, 0.29) is 12.4 Å². The number of hydrogen-bond acceptors (Lipinski definition) is 4. The van der Waals surface area contributed by atoms with Crippen LogP contribution in [0.1, 0.15) is 12.7 Å². The van der Waals surface area contributed by atoms with Crippen LogP contribution in [0.2, 0.25) is 0 Å². The fourth-order valence-electron chi connectivity index (χ4n) is 2.69. The lowest BCUT2D eigenvalue weighted by atomic mass is 10.0. The summed E-state index contributed by atoms with van der Waals surface area (Å²) in [5, 5.41) is 0.926. The molecule has 2 aromatic carbocycles. The van der Waals surface area contributed by atoms with Crippen molar-refractivity contribution in [2.24, 2.45) is 0 Å². The molecule has 0 aliphatic carbocycles. The van der Waals surface area contributed by atoms with Gasteiger partial charge in [0.2, 0.25) is 0 Å². The van der Waals surface area contributed by atoms with Gasteiger partial charge in [0, 0.05) is 10.9 Å². The zero-order valence-electron chi connectivity index (χ0n) is 13.2. The lowest BCUT2D eigenvalue weighted by Gasteiger charge is -2.04. The van der Waals surface area contributed by atoms with E-state index in [0.717, 1.165) is 16.5 Å². The minimum atomic E-state index is -0.303. The van der Waals surface area contributed by atoms with Gasteiger partial charge in [-0.3, -0.25) is 4.79 Å². The first-order valence-electron chi connectivity index (χ1n) is 7.54. The molecule has 1 heterocycles. The molecule has 23 heavy (non-hydrogen) atoms. The van der Waals surface area contributed by atoms with E-state index in [2.05, 4.69) is 0 Å². The molecule has 3 rings (SSSR count). The van der Waals surface area contributed by atoms with Crippen molar-refractivity contribution in [2.45, 2.75) is 13.3 Å². The summed E-state index contributed by atoms with van der Waals surface area (Å²) >= 11 is 0. The van der Waals surface area contributed by atoms with Crippen LogP contribution in [-0.2, 0) is 16.0 Å². The van der Waals surface area contributed by atoms with Crippen LogP contribution < -0.4 is 4.74 Å². The molecule has 3 aromatic rings. The van der Waals surface area contributed by atoms with E-state index in [1.807, 2.05) is 48.5 Å². The number of rotatable bonds is 5. The molecular formula is C19H18O4. The normalized spacial score (nSPS) is 10.7. The van der Waals surface area contributed by atoms with E-state index in [1.54, 1.807) is 14.0 Å². The Labute approximate surface area is 134 Å². The molecule has 0 amide bonds. The van der Waals surface area contributed by atoms with Gasteiger partial charge in [-0.25, -0.2) is 0 Å². The van der Waals surface area contributed by atoms with Crippen LogP contribution in [0.15, 0.2) is 52.9 Å². The Bertz CT molecular complexity index is 818. The molecule has 0 aliphatic heterocycles. The van der Waals surface area contributed by atoms with Crippen molar-refractivity contribution < 1.29 is 18.7 Å². The SMILES string of the molecule is CCOC(=O)Cc1oc2c(OC)cccc2c1-c1ccccc1. The van der Waals surface area contributed by atoms with Gasteiger partial charge in [0.15, 0.2) is 11.3 Å². The molecule has 0 radical (unpaired) electrons. The average Bonchev–Trinajstić information content (AvgIpc) is 2.93. The van der Waals surface area contributed by atoms with E-state index in [9.17, 15) is 4.79 Å². The first-order chi connectivity index (χ1) is 11.2. The van der Waals surface area contributed by atoms with Crippen LogP contribution in [0.3, 0.4) is 0 Å². The summed E-state index contributed by atoms with van der Waals surface area (Å²) in [6, 6.07) is 15.6. The Morgan fingerprint density at radius 2 is 1.87 bits per heavy atom. The Kier molecular flexibility index (Phi) is 4.33. The topological polar surface area (TPSA) is 48.7 Å². The Morgan fingerprint density at radius 1 is 1.09 bits per heavy atom. The Balaban J connectivity index is 2.19. The number of carbonyl (C=O) groups is 1. The van der Waals surface area contributed by atoms with Crippen molar-refractivity contribution in [3.63, 3.8) is 0 Å². The summed E-state index contributed by atoms with van der Waals surface area (Å²) in [5.41, 5.74) is 2.56. The summed E-state index contributed by atoms with van der Waals surface area (Å²) < 4.78 is 16.4. The fraction of sp³-hybridized carbons (Fsp3) is 0.211. The molecule has 0 spiro atoms. The van der Waals surface area contributed by atoms with E-state index in [0.29, 0.717) is 23.7 Å². The van der Waals surface area contributed by atoms with Crippen LogP contribution in [-0.4, -0.2) is 19.7 Å². The maximum absolute atomic E-state index is 11.9. The molecule has 0 saturated carbocycles. The van der Waals surface area contributed by atoms with Crippen LogP contribution in [0.4, 0.5) is 0 Å². The van der Waals surface area contributed by atoms with Crippen molar-refractivity contribution in [1.82, 2.24) is 0 Å². The predicted octanol–water partition coefficient (Wildman–Crippen LogP) is 4.21. The minimum absolute atomic E-state index is 0.0932. The van der Waals surface area contributed by atoms with Crippen LogP contribution in [0.25, 0.3) is 22.1 Å². The lowest BCUT2D eigenvalue weighted by Crippen LogP contribution is -2.07. The quantitative estimate of drug-likeness (QED) is 0.662. The molecule has 0 bridgehead atoms. The van der Waals surface area contributed by atoms with Gasteiger partial charge in [-0.15, -0.1) is 0 Å². The molecule has 118 valence electrons. The van der Waals surface area contributed by atoms with Gasteiger partial charge in [0.1, 0.15) is 12.2 Å². The van der Waals surface area contributed by atoms with Gasteiger partial charge in [-0.05, 0) is 18.6 Å². The number of ether oxygens (including phenoxy) is 2. The monoisotopic (exact) mass is 310 g/mol. The van der Waals surface area contributed by atoms with Gasteiger partial charge >= 0.3 is 5.97 Å². The number of esters is 1. The molecule has 0 fully saturated rings. The predicted molar refractivity (Wildman–Crippen MR) is 88.5 cm³/mol. The Hall–Kier alpha value is -2.75. The number of hydrogen-bond donors (Lipinski definition) is 0. The highest BCUT2D eigenvalue weighted by atomic mass is 16.5. The third kappa shape index (κ3) is 2.93. The molecule has 0 unspecified atom stereocenters. The maximum Gasteiger partial charge on any atom is 0.313 e. The largest absolute Gasteiger partial charge is 0.493 e. The zero-order valence-corrected chi connectivity index (χ0v) is 13.2. The van der Waals surface area contributed by atoms with Crippen LogP contribution in [0, 0.1) is 0 Å². The highest BCUT2D eigenvalue weighted by Crippen LogP contribution is 2.39. The number of carbonyl (C=O) groups excluding carboxylic acids is 1. The fourth-order valence-corrected chi connectivity index (χ4v) is 2.69. The highest BCUT2D eigenvalue weighted by Gasteiger charge is 2.20. The number of fused-ring (bicyclic) bond motifs is 1. The summed E-state index contributed by atoms with van der Waals surface area (Å²) in [6.07, 6.45) is 0.0932. The van der Waals surface area contributed by atoms with Gasteiger partial charge in [0.25, 0.3) is 0 Å². The summed E-state index contributed by atoms with van der Waals surface area (Å²) in [7, 11) is 1.60. The second kappa shape index (κ2) is 6.57. The van der Waals surface area contributed by atoms with E-state index >= 15 is 0 Å². The van der Waals surface area contributed by atoms with Crippen molar-refractivity contribution in [2.75, 3.05) is 13.7 Å². The number of methoxy groups -OCH3 is 1. The minimum Gasteiger partial charge on any atom is -0.493 e. The second-order valence-electron chi connectivity index (χ2n) is 5.09. The Morgan fingerprint density at radius 3 is 2.57 bits per heavy atom. The van der Waals surface area contributed by atoms with Gasteiger partial charge in [0.05, 0.1) is 13.7 Å². The number of para-hydroxylation sites is 1. The molecule has 0 aliphatic rings. The van der Waals surface area contributed by atoms with E-state index < -0.39 is 0 Å². The maximum atomic E-state index is 11.9. The van der Waals surface area contributed by atoms with E-state index in [4.69, 9.17) is 13.9 Å². The molecule has 0 saturated heterocycles. The van der Waals surface area contributed by atoms with Crippen molar-refractivity contribution >= 4 is 16.9 Å². The van der Waals surface area contributed by atoms with Gasteiger partial charge < -0.3 is 13.9 Å². The first kappa shape index (κ1) is 15.2.